The predicted octanol–water partition coefficient (Wildman–Crippen LogP) is 3.49. The second-order valence-corrected chi connectivity index (χ2v) is 3.68. The number of hydrogen-bond donors (Lipinski definition) is 4. The minimum Gasteiger partial charge on any atom is -0.457 e. The summed E-state index contributed by atoms with van der Waals surface area (Å²) in [5.74, 6) is 1.20. The molecule has 0 fully saturated rings. The fourth-order valence-electron chi connectivity index (χ4n) is 1.37. The van der Waals surface area contributed by atoms with Crippen LogP contribution in [0.3, 0.4) is 0 Å². The van der Waals surface area contributed by atoms with E-state index in [0.717, 1.165) is 0 Å². The SMILES string of the molecule is Cl.Cl.Cl.Cl.Nc1ccc(Oc2ccc(N)c(N)c2)cc1N. The second kappa shape index (κ2) is 10.3. The van der Waals surface area contributed by atoms with Crippen LogP contribution in [0, 0.1) is 0 Å². The fraction of sp³-hybridized carbons (Fsp3) is 0. The lowest BCUT2D eigenvalue weighted by molar-refractivity contribution is 0.483. The van der Waals surface area contributed by atoms with Gasteiger partial charge in [0, 0.05) is 12.1 Å². The molecule has 120 valence electrons. The van der Waals surface area contributed by atoms with E-state index >= 15 is 0 Å². The van der Waals surface area contributed by atoms with E-state index < -0.39 is 0 Å². The highest BCUT2D eigenvalue weighted by atomic mass is 35.5. The van der Waals surface area contributed by atoms with Gasteiger partial charge >= 0.3 is 0 Å². The molecule has 0 aliphatic heterocycles. The Balaban J connectivity index is -0.000000810. The summed E-state index contributed by atoms with van der Waals surface area (Å²) in [4.78, 5) is 0. The number of benzene rings is 2. The lowest BCUT2D eigenvalue weighted by atomic mass is 10.2. The minimum atomic E-state index is 0. The molecular weight excluding hydrogens is 358 g/mol. The zero-order valence-corrected chi connectivity index (χ0v) is 14.1. The van der Waals surface area contributed by atoms with Crippen molar-refractivity contribution in [3.8, 4) is 11.5 Å². The van der Waals surface area contributed by atoms with Crippen molar-refractivity contribution < 1.29 is 4.74 Å². The van der Waals surface area contributed by atoms with E-state index in [2.05, 4.69) is 0 Å². The molecule has 0 aromatic heterocycles. The Morgan fingerprint density at radius 1 is 0.524 bits per heavy atom. The summed E-state index contributed by atoms with van der Waals surface area (Å²) < 4.78 is 5.58. The topological polar surface area (TPSA) is 113 Å². The maximum atomic E-state index is 5.68. The van der Waals surface area contributed by atoms with E-state index in [1.54, 1.807) is 36.4 Å². The number of nitrogen functional groups attached to an aromatic ring is 4. The van der Waals surface area contributed by atoms with Gasteiger partial charge in [-0.1, -0.05) is 0 Å². The molecule has 0 saturated heterocycles. The Morgan fingerprint density at radius 2 is 0.857 bits per heavy atom. The summed E-state index contributed by atoms with van der Waals surface area (Å²) in [7, 11) is 0. The van der Waals surface area contributed by atoms with Crippen LogP contribution in [0.15, 0.2) is 36.4 Å². The van der Waals surface area contributed by atoms with Gasteiger partial charge in [0.15, 0.2) is 0 Å². The number of ether oxygens (including phenoxy) is 1. The molecule has 2 aromatic carbocycles. The van der Waals surface area contributed by atoms with Crippen LogP contribution in [0.25, 0.3) is 0 Å². The maximum Gasteiger partial charge on any atom is 0.129 e. The van der Waals surface area contributed by atoms with Crippen molar-refractivity contribution in [2.45, 2.75) is 0 Å². The third-order valence-electron chi connectivity index (χ3n) is 2.35. The molecule has 0 amide bonds. The fourth-order valence-corrected chi connectivity index (χ4v) is 1.37. The third-order valence-corrected chi connectivity index (χ3v) is 2.35. The van der Waals surface area contributed by atoms with E-state index in [1.807, 2.05) is 0 Å². The summed E-state index contributed by atoms with van der Waals surface area (Å²) in [5.41, 5.74) is 24.6. The highest BCUT2D eigenvalue weighted by Gasteiger charge is 2.02. The number of rotatable bonds is 2. The minimum absolute atomic E-state index is 0. The van der Waals surface area contributed by atoms with Crippen LogP contribution < -0.4 is 27.7 Å². The molecule has 2 rings (SSSR count). The second-order valence-electron chi connectivity index (χ2n) is 3.68. The van der Waals surface area contributed by atoms with E-state index in [1.165, 1.54) is 0 Å². The van der Waals surface area contributed by atoms with Gasteiger partial charge in [-0.3, -0.25) is 0 Å². The first kappa shape index (κ1) is 24.6. The van der Waals surface area contributed by atoms with Gasteiger partial charge in [0.25, 0.3) is 0 Å². The number of halogens is 4. The van der Waals surface area contributed by atoms with Gasteiger partial charge in [0.2, 0.25) is 0 Å². The van der Waals surface area contributed by atoms with Crippen molar-refractivity contribution in [2.75, 3.05) is 22.9 Å². The van der Waals surface area contributed by atoms with E-state index in [0.29, 0.717) is 34.2 Å². The van der Waals surface area contributed by atoms with Gasteiger partial charge in [0.05, 0.1) is 22.7 Å². The number of nitrogens with two attached hydrogens (primary N) is 4. The Bertz CT molecular complexity index is 519. The predicted molar refractivity (Wildman–Crippen MR) is 99.6 cm³/mol. The van der Waals surface area contributed by atoms with Gasteiger partial charge in [-0.25, -0.2) is 0 Å². The van der Waals surface area contributed by atoms with Crippen LogP contribution >= 0.6 is 49.6 Å². The third kappa shape index (κ3) is 6.27. The van der Waals surface area contributed by atoms with E-state index in [-0.39, 0.29) is 49.6 Å². The molecule has 0 spiro atoms. The van der Waals surface area contributed by atoms with Crippen LogP contribution in [-0.4, -0.2) is 0 Å². The van der Waals surface area contributed by atoms with Gasteiger partial charge in [0.1, 0.15) is 11.5 Å². The lowest BCUT2D eigenvalue weighted by Crippen LogP contribution is -1.96. The smallest absolute Gasteiger partial charge is 0.129 e. The Labute approximate surface area is 148 Å². The highest BCUT2D eigenvalue weighted by Crippen LogP contribution is 2.29. The van der Waals surface area contributed by atoms with E-state index in [4.69, 9.17) is 27.7 Å². The van der Waals surface area contributed by atoms with Gasteiger partial charge < -0.3 is 27.7 Å². The zero-order valence-electron chi connectivity index (χ0n) is 10.8. The molecule has 0 saturated carbocycles. The van der Waals surface area contributed by atoms with Gasteiger partial charge in [-0.2, -0.15) is 0 Å². The molecule has 0 aliphatic carbocycles. The number of anilines is 4. The van der Waals surface area contributed by atoms with Crippen LogP contribution in [0.5, 0.6) is 11.5 Å². The Morgan fingerprint density at radius 3 is 1.14 bits per heavy atom. The summed E-state index contributed by atoms with van der Waals surface area (Å²) in [6.07, 6.45) is 0. The quantitative estimate of drug-likeness (QED) is 0.600. The average Bonchev–Trinajstić information content (AvgIpc) is 2.29. The maximum absolute atomic E-state index is 5.68. The van der Waals surface area contributed by atoms with Crippen molar-refractivity contribution in [1.29, 1.82) is 0 Å². The summed E-state index contributed by atoms with van der Waals surface area (Å²) in [6.45, 7) is 0. The molecular formula is C12H18Cl4N4O. The summed E-state index contributed by atoms with van der Waals surface area (Å²) in [6, 6.07) is 10.1. The van der Waals surface area contributed by atoms with Crippen LogP contribution in [0.4, 0.5) is 22.7 Å². The normalized spacial score (nSPS) is 8.19. The van der Waals surface area contributed by atoms with Gasteiger partial charge in [-0.15, -0.1) is 49.6 Å². The average molecular weight is 376 g/mol. The molecule has 0 aliphatic rings. The van der Waals surface area contributed by atoms with Crippen LogP contribution in [0.1, 0.15) is 0 Å². The largest absolute Gasteiger partial charge is 0.457 e. The first-order chi connectivity index (χ1) is 8.06. The lowest BCUT2D eigenvalue weighted by Gasteiger charge is -2.09. The van der Waals surface area contributed by atoms with E-state index in [9.17, 15) is 0 Å². The molecule has 0 atom stereocenters. The summed E-state index contributed by atoms with van der Waals surface area (Å²) in [5, 5.41) is 0. The molecule has 5 nitrogen and oxygen atoms in total. The molecule has 21 heavy (non-hydrogen) atoms. The van der Waals surface area contributed by atoms with Crippen molar-refractivity contribution in [2.24, 2.45) is 0 Å². The van der Waals surface area contributed by atoms with Crippen LogP contribution in [0.2, 0.25) is 0 Å². The molecule has 0 unspecified atom stereocenters. The highest BCUT2D eigenvalue weighted by molar-refractivity contribution is 5.86. The summed E-state index contributed by atoms with van der Waals surface area (Å²) >= 11 is 0. The Kier molecular flexibility index (Phi) is 12.1. The van der Waals surface area contributed by atoms with Crippen molar-refractivity contribution in [3.63, 3.8) is 0 Å². The number of hydrogen-bond acceptors (Lipinski definition) is 5. The van der Waals surface area contributed by atoms with Crippen LogP contribution in [-0.2, 0) is 0 Å². The first-order valence-corrected chi connectivity index (χ1v) is 5.04. The van der Waals surface area contributed by atoms with Crippen molar-refractivity contribution >= 4 is 72.4 Å². The molecule has 2 aromatic rings. The monoisotopic (exact) mass is 374 g/mol. The van der Waals surface area contributed by atoms with Crippen molar-refractivity contribution in [3.05, 3.63) is 36.4 Å². The molecule has 0 bridgehead atoms. The Hall–Kier alpha value is -1.40. The zero-order chi connectivity index (χ0) is 12.4. The molecule has 8 N–H and O–H groups in total. The van der Waals surface area contributed by atoms with Crippen molar-refractivity contribution in [1.82, 2.24) is 0 Å². The molecule has 0 radical (unpaired) electrons. The first-order valence-electron chi connectivity index (χ1n) is 5.04. The molecule has 0 heterocycles. The standard InChI is InChI=1S/C12H14N4O.4ClH/c13-9-3-1-7(5-11(9)15)17-8-2-4-10(14)12(16)6-8;;;;/h1-6H,13-16H2;4*1H. The van der Waals surface area contributed by atoms with Gasteiger partial charge in [-0.05, 0) is 24.3 Å². The molecule has 9 heteroatoms.